The van der Waals surface area contributed by atoms with Crippen LogP contribution < -0.4 is 10.9 Å². The molecule has 2 heterocycles. The summed E-state index contributed by atoms with van der Waals surface area (Å²) in [4.78, 5) is 29.7. The van der Waals surface area contributed by atoms with E-state index in [1.807, 2.05) is 19.1 Å². The monoisotopic (exact) mass is 368 g/mol. The fourth-order valence-electron chi connectivity index (χ4n) is 3.53. The average molecular weight is 368 g/mol. The molecule has 3 aromatic rings. The van der Waals surface area contributed by atoms with E-state index in [9.17, 15) is 14.7 Å². The zero-order valence-electron chi connectivity index (χ0n) is 14.7. The maximum Gasteiger partial charge on any atom is 0.265 e. The van der Waals surface area contributed by atoms with Crippen molar-refractivity contribution in [1.82, 2.24) is 4.98 Å². The zero-order valence-corrected chi connectivity index (χ0v) is 15.5. The van der Waals surface area contributed by atoms with Gasteiger partial charge in [-0.2, -0.15) is 0 Å². The minimum absolute atomic E-state index is 0.208. The van der Waals surface area contributed by atoms with Gasteiger partial charge in [-0.15, -0.1) is 11.3 Å². The van der Waals surface area contributed by atoms with Crippen molar-refractivity contribution in [3.05, 3.63) is 56.2 Å². The number of amides is 1. The quantitative estimate of drug-likeness (QED) is 0.640. The number of nitrogens with one attached hydrogen (secondary N) is 2. The number of anilines is 1. The first-order valence-electron chi connectivity index (χ1n) is 8.71. The summed E-state index contributed by atoms with van der Waals surface area (Å²) in [5.74, 6) is -0.215. The Hall–Kier alpha value is -2.60. The van der Waals surface area contributed by atoms with Gasteiger partial charge in [0.1, 0.15) is 16.1 Å². The highest BCUT2D eigenvalue weighted by atomic mass is 32.1. The lowest BCUT2D eigenvalue weighted by molar-refractivity contribution is 0.102. The zero-order chi connectivity index (χ0) is 18.4. The van der Waals surface area contributed by atoms with Gasteiger partial charge >= 0.3 is 0 Å². The van der Waals surface area contributed by atoms with Crippen LogP contribution in [0.5, 0.6) is 5.75 Å². The topological polar surface area (TPSA) is 82.2 Å². The van der Waals surface area contributed by atoms with E-state index in [4.69, 9.17) is 0 Å². The second-order valence-corrected chi connectivity index (χ2v) is 8.16. The van der Waals surface area contributed by atoms with Crippen LogP contribution in [0.2, 0.25) is 0 Å². The molecule has 1 aromatic carbocycles. The molecule has 1 aliphatic rings. The van der Waals surface area contributed by atoms with Gasteiger partial charge < -0.3 is 15.4 Å². The van der Waals surface area contributed by atoms with Gasteiger partial charge in [0.2, 0.25) is 0 Å². The molecule has 1 atom stereocenters. The predicted molar refractivity (Wildman–Crippen MR) is 104 cm³/mol. The number of rotatable bonds is 2. The summed E-state index contributed by atoms with van der Waals surface area (Å²) < 4.78 is 0. The minimum atomic E-state index is -0.598. The lowest BCUT2D eigenvalue weighted by atomic mass is 9.89. The van der Waals surface area contributed by atoms with Crippen molar-refractivity contribution in [2.24, 2.45) is 5.92 Å². The Kier molecular flexibility index (Phi) is 4.07. The summed E-state index contributed by atoms with van der Waals surface area (Å²) in [5, 5.41) is 14.1. The molecule has 5 nitrogen and oxygen atoms in total. The highest BCUT2D eigenvalue weighted by molar-refractivity contribution is 7.18. The molecule has 0 radical (unpaired) electrons. The molecule has 0 aliphatic heterocycles. The highest BCUT2D eigenvalue weighted by Crippen LogP contribution is 2.41. The van der Waals surface area contributed by atoms with Crippen LogP contribution in [0.25, 0.3) is 10.2 Å². The van der Waals surface area contributed by atoms with Gasteiger partial charge in [-0.3, -0.25) is 9.59 Å². The number of aromatic hydroxyl groups is 1. The molecule has 4 rings (SSSR count). The molecule has 0 unspecified atom stereocenters. The maximum atomic E-state index is 12.6. The highest BCUT2D eigenvalue weighted by Gasteiger charge is 2.27. The van der Waals surface area contributed by atoms with Gasteiger partial charge in [0.25, 0.3) is 11.5 Å². The summed E-state index contributed by atoms with van der Waals surface area (Å²) in [6.45, 7) is 4.16. The fourth-order valence-corrected chi connectivity index (χ4v) is 4.94. The Balaban J connectivity index is 1.78. The van der Waals surface area contributed by atoms with Gasteiger partial charge in [-0.05, 0) is 49.8 Å². The van der Waals surface area contributed by atoms with Crippen molar-refractivity contribution < 1.29 is 9.90 Å². The van der Waals surface area contributed by atoms with Crippen molar-refractivity contribution in [1.29, 1.82) is 0 Å². The van der Waals surface area contributed by atoms with E-state index < -0.39 is 11.5 Å². The lowest BCUT2D eigenvalue weighted by Crippen LogP contribution is -2.23. The van der Waals surface area contributed by atoms with Gasteiger partial charge in [0.15, 0.2) is 0 Å². The number of carbonyl (C=O) groups excluding carboxylic acids is 1. The number of benzene rings is 1. The summed E-state index contributed by atoms with van der Waals surface area (Å²) in [6, 6.07) is 7.29. The number of aromatic nitrogens is 1. The number of carbonyl (C=O) groups is 1. The number of aromatic amines is 1. The molecule has 0 fully saturated rings. The van der Waals surface area contributed by atoms with Crippen LogP contribution in [-0.2, 0) is 12.8 Å². The molecule has 0 bridgehead atoms. The van der Waals surface area contributed by atoms with Gasteiger partial charge in [-0.25, -0.2) is 0 Å². The largest absolute Gasteiger partial charge is 0.506 e. The molecular weight excluding hydrogens is 348 g/mol. The molecule has 2 aromatic heterocycles. The molecule has 0 saturated heterocycles. The van der Waals surface area contributed by atoms with E-state index in [2.05, 4.69) is 17.2 Å². The second-order valence-electron chi connectivity index (χ2n) is 7.05. The smallest absolute Gasteiger partial charge is 0.265 e. The van der Waals surface area contributed by atoms with E-state index in [0.717, 1.165) is 30.4 Å². The van der Waals surface area contributed by atoms with Crippen LogP contribution in [0.4, 0.5) is 5.69 Å². The summed E-state index contributed by atoms with van der Waals surface area (Å²) >= 11 is 1.51. The number of H-pyrrole nitrogens is 1. The number of hydrogen-bond acceptors (Lipinski definition) is 4. The molecule has 134 valence electrons. The molecule has 0 spiro atoms. The first kappa shape index (κ1) is 16.8. The van der Waals surface area contributed by atoms with E-state index in [0.29, 0.717) is 21.8 Å². The number of thiophene rings is 1. The predicted octanol–water partition coefficient (Wildman–Crippen LogP) is 3.98. The Bertz CT molecular complexity index is 1060. The number of aryl methyl sites for hydroxylation is 2. The number of fused-ring (bicyclic) bond motifs is 3. The average Bonchev–Trinajstić information content (AvgIpc) is 2.94. The standard InChI is InChI=1S/C20H20N2O3S/c1-10-3-6-12(7-4-10)21-18(24)16-17(23)15-13-8-5-11(2)9-14(13)26-20(15)22-19(16)25/h3-4,6-7,11H,5,8-9H2,1-2H3,(H,21,24)(H2,22,23,25)/t11-/m0/s1. The van der Waals surface area contributed by atoms with Crippen LogP contribution >= 0.6 is 11.3 Å². The van der Waals surface area contributed by atoms with Crippen LogP contribution in [0, 0.1) is 12.8 Å². The molecule has 1 aliphatic carbocycles. The maximum absolute atomic E-state index is 12.6. The van der Waals surface area contributed by atoms with Crippen molar-refractivity contribution in [3.8, 4) is 5.75 Å². The fraction of sp³-hybridized carbons (Fsp3) is 0.300. The third-order valence-electron chi connectivity index (χ3n) is 4.98. The lowest BCUT2D eigenvalue weighted by Gasteiger charge is -2.18. The molecule has 6 heteroatoms. The number of pyridine rings is 1. The molecular formula is C20H20N2O3S. The third-order valence-corrected chi connectivity index (χ3v) is 6.15. The van der Waals surface area contributed by atoms with Crippen molar-refractivity contribution in [2.75, 3.05) is 5.32 Å². The Morgan fingerprint density at radius 2 is 2.04 bits per heavy atom. The first-order valence-corrected chi connectivity index (χ1v) is 9.53. The van der Waals surface area contributed by atoms with Crippen LogP contribution in [0.15, 0.2) is 29.1 Å². The normalized spacial score (nSPS) is 16.5. The Morgan fingerprint density at radius 1 is 1.31 bits per heavy atom. The summed E-state index contributed by atoms with van der Waals surface area (Å²) in [7, 11) is 0. The van der Waals surface area contributed by atoms with Crippen LogP contribution in [0.1, 0.15) is 39.7 Å². The molecule has 1 amide bonds. The molecule has 0 saturated carbocycles. The number of hydrogen-bond donors (Lipinski definition) is 3. The summed E-state index contributed by atoms with van der Waals surface area (Å²) in [5.41, 5.74) is 1.94. The van der Waals surface area contributed by atoms with Crippen molar-refractivity contribution in [2.45, 2.75) is 33.1 Å². The van der Waals surface area contributed by atoms with E-state index in [1.54, 1.807) is 12.1 Å². The van der Waals surface area contributed by atoms with E-state index >= 15 is 0 Å². The van der Waals surface area contributed by atoms with Gasteiger partial charge in [0.05, 0.1) is 5.39 Å². The third kappa shape index (κ3) is 2.80. The van der Waals surface area contributed by atoms with E-state index in [-0.39, 0.29) is 11.3 Å². The van der Waals surface area contributed by atoms with Crippen molar-refractivity contribution in [3.63, 3.8) is 0 Å². The van der Waals surface area contributed by atoms with Crippen molar-refractivity contribution >= 4 is 33.1 Å². The minimum Gasteiger partial charge on any atom is -0.506 e. The van der Waals surface area contributed by atoms with Crippen LogP contribution in [0.3, 0.4) is 0 Å². The van der Waals surface area contributed by atoms with Gasteiger partial charge in [-0.1, -0.05) is 24.6 Å². The SMILES string of the molecule is Cc1ccc(NC(=O)c2c(O)c3c4c(sc3[nH]c2=O)C[C@@H](C)CC4)cc1. The Morgan fingerprint density at radius 3 is 2.77 bits per heavy atom. The summed E-state index contributed by atoms with van der Waals surface area (Å²) in [6.07, 6.45) is 2.85. The van der Waals surface area contributed by atoms with Crippen LogP contribution in [-0.4, -0.2) is 16.0 Å². The van der Waals surface area contributed by atoms with Gasteiger partial charge in [0, 0.05) is 10.6 Å². The molecule has 3 N–H and O–H groups in total. The van der Waals surface area contributed by atoms with E-state index in [1.165, 1.54) is 16.2 Å². The first-order chi connectivity index (χ1) is 12.4. The molecule has 26 heavy (non-hydrogen) atoms. The second kappa shape index (κ2) is 6.29. The Labute approximate surface area is 154 Å².